The molecule has 20 heavy (non-hydrogen) atoms. The number of fused-ring (bicyclic) bond motifs is 1. The van der Waals surface area contributed by atoms with Crippen molar-refractivity contribution in [2.24, 2.45) is 0 Å². The predicted molar refractivity (Wildman–Crippen MR) is 80.0 cm³/mol. The van der Waals surface area contributed by atoms with Gasteiger partial charge in [-0.25, -0.2) is 0 Å². The molecule has 1 aromatic heterocycles. The quantitative estimate of drug-likeness (QED) is 0.925. The molecule has 0 radical (unpaired) electrons. The van der Waals surface area contributed by atoms with E-state index < -0.39 is 0 Å². The molecule has 0 fully saturated rings. The van der Waals surface area contributed by atoms with Crippen LogP contribution in [0.25, 0.3) is 0 Å². The van der Waals surface area contributed by atoms with Gasteiger partial charge in [0.15, 0.2) is 0 Å². The molecular weight excluding hydrogens is 248 g/mol. The van der Waals surface area contributed by atoms with E-state index >= 15 is 0 Å². The maximum Gasteiger partial charge on any atom is 0.123 e. The van der Waals surface area contributed by atoms with Crippen LogP contribution >= 0.6 is 0 Å². The van der Waals surface area contributed by atoms with E-state index in [0.717, 1.165) is 18.7 Å². The molecule has 2 aromatic rings. The first kappa shape index (κ1) is 13.1. The molecule has 1 N–H and O–H groups in total. The summed E-state index contributed by atoms with van der Waals surface area (Å²) in [5.74, 6) is 1.03. The summed E-state index contributed by atoms with van der Waals surface area (Å²) < 4.78 is 5.78. The number of nitrogens with zero attached hydrogens (tertiary/aromatic N) is 1. The van der Waals surface area contributed by atoms with Gasteiger partial charge in [-0.05, 0) is 48.4 Å². The van der Waals surface area contributed by atoms with E-state index in [1.807, 2.05) is 12.4 Å². The van der Waals surface area contributed by atoms with Gasteiger partial charge in [0.2, 0.25) is 0 Å². The van der Waals surface area contributed by atoms with E-state index in [2.05, 4.69) is 54.5 Å². The fourth-order valence-corrected chi connectivity index (χ4v) is 2.81. The number of rotatable bonds is 4. The first-order valence-corrected chi connectivity index (χ1v) is 7.20. The summed E-state index contributed by atoms with van der Waals surface area (Å²) >= 11 is 0. The van der Waals surface area contributed by atoms with Gasteiger partial charge in [0.25, 0.3) is 0 Å². The highest BCUT2D eigenvalue weighted by molar-refractivity contribution is 5.43. The van der Waals surface area contributed by atoms with Gasteiger partial charge in [0, 0.05) is 18.8 Å². The fraction of sp³-hybridized carbons (Fsp3) is 0.353. The number of ether oxygens (including phenoxy) is 1. The van der Waals surface area contributed by atoms with Crippen molar-refractivity contribution in [1.82, 2.24) is 10.3 Å². The molecule has 0 bridgehead atoms. The van der Waals surface area contributed by atoms with E-state index in [1.54, 1.807) is 0 Å². The van der Waals surface area contributed by atoms with Crippen molar-refractivity contribution in [3.8, 4) is 5.75 Å². The zero-order valence-electron chi connectivity index (χ0n) is 12.0. The molecular formula is C17H20N2O. The molecule has 1 aliphatic heterocycles. The molecule has 104 valence electrons. The molecule has 3 nitrogen and oxygen atoms in total. The minimum Gasteiger partial charge on any atom is -0.490 e. The maximum atomic E-state index is 5.78. The zero-order chi connectivity index (χ0) is 13.9. The molecule has 3 heteroatoms. The van der Waals surface area contributed by atoms with Crippen molar-refractivity contribution in [3.05, 3.63) is 59.4 Å². The van der Waals surface area contributed by atoms with Crippen LogP contribution in [-0.4, -0.2) is 17.6 Å². The second-order valence-corrected chi connectivity index (χ2v) is 5.27. The maximum absolute atomic E-state index is 5.78. The summed E-state index contributed by atoms with van der Waals surface area (Å²) in [5, 5.41) is 3.55. The van der Waals surface area contributed by atoms with Crippen molar-refractivity contribution >= 4 is 0 Å². The van der Waals surface area contributed by atoms with Crippen LogP contribution in [-0.2, 0) is 6.42 Å². The third kappa shape index (κ3) is 2.54. The summed E-state index contributed by atoms with van der Waals surface area (Å²) in [7, 11) is 0. The van der Waals surface area contributed by atoms with Gasteiger partial charge < -0.3 is 10.1 Å². The Labute approximate surface area is 120 Å². The standard InChI is InChI=1S/C17H20N2O/c1-3-19-17(13-6-8-18-9-7-13)14-4-5-16-15(11-14)10-12(2)20-16/h4-9,11-12,17,19H,3,10H2,1-2H3. The molecule has 1 aliphatic rings. The monoisotopic (exact) mass is 268 g/mol. The normalized spacial score (nSPS) is 18.4. The minimum atomic E-state index is 0.212. The van der Waals surface area contributed by atoms with E-state index in [0.29, 0.717) is 6.10 Å². The first-order chi connectivity index (χ1) is 9.78. The van der Waals surface area contributed by atoms with Crippen LogP contribution in [0, 0.1) is 0 Å². The lowest BCUT2D eigenvalue weighted by atomic mass is 9.96. The van der Waals surface area contributed by atoms with E-state index in [4.69, 9.17) is 4.74 Å². The van der Waals surface area contributed by atoms with Crippen LogP contribution in [0.3, 0.4) is 0 Å². The lowest BCUT2D eigenvalue weighted by Crippen LogP contribution is -2.22. The highest BCUT2D eigenvalue weighted by atomic mass is 16.5. The Morgan fingerprint density at radius 2 is 2.05 bits per heavy atom. The van der Waals surface area contributed by atoms with Crippen LogP contribution in [0.5, 0.6) is 5.75 Å². The molecule has 0 saturated carbocycles. The predicted octanol–water partition coefficient (Wildman–Crippen LogP) is 3.10. The van der Waals surface area contributed by atoms with Crippen LogP contribution in [0.2, 0.25) is 0 Å². The highest BCUT2D eigenvalue weighted by Gasteiger charge is 2.21. The van der Waals surface area contributed by atoms with Crippen LogP contribution < -0.4 is 10.1 Å². The van der Waals surface area contributed by atoms with Crippen molar-refractivity contribution < 1.29 is 4.74 Å². The summed E-state index contributed by atoms with van der Waals surface area (Å²) in [6.07, 6.45) is 4.98. The van der Waals surface area contributed by atoms with Gasteiger partial charge in [-0.15, -0.1) is 0 Å². The van der Waals surface area contributed by atoms with E-state index in [9.17, 15) is 0 Å². The number of hydrogen-bond acceptors (Lipinski definition) is 3. The number of nitrogens with one attached hydrogen (secondary N) is 1. The zero-order valence-corrected chi connectivity index (χ0v) is 12.0. The van der Waals surface area contributed by atoms with Crippen molar-refractivity contribution in [2.45, 2.75) is 32.4 Å². The van der Waals surface area contributed by atoms with Gasteiger partial charge in [-0.2, -0.15) is 0 Å². The Kier molecular flexibility index (Phi) is 3.70. The Morgan fingerprint density at radius 1 is 1.25 bits per heavy atom. The third-order valence-electron chi connectivity index (χ3n) is 3.70. The van der Waals surface area contributed by atoms with E-state index in [1.165, 1.54) is 16.7 Å². The Bertz CT molecular complexity index is 583. The van der Waals surface area contributed by atoms with Crippen LogP contribution in [0.1, 0.15) is 36.6 Å². The van der Waals surface area contributed by atoms with Crippen molar-refractivity contribution in [3.63, 3.8) is 0 Å². The average molecular weight is 268 g/mol. The first-order valence-electron chi connectivity index (χ1n) is 7.20. The Balaban J connectivity index is 1.95. The summed E-state index contributed by atoms with van der Waals surface area (Å²) in [5.41, 5.74) is 3.84. The van der Waals surface area contributed by atoms with Crippen molar-refractivity contribution in [1.29, 1.82) is 0 Å². The topological polar surface area (TPSA) is 34.2 Å². The molecule has 0 aliphatic carbocycles. The largest absolute Gasteiger partial charge is 0.490 e. The molecule has 0 spiro atoms. The average Bonchev–Trinajstić information content (AvgIpc) is 2.84. The van der Waals surface area contributed by atoms with Crippen LogP contribution in [0.4, 0.5) is 0 Å². The number of pyridine rings is 1. The number of benzene rings is 1. The molecule has 2 unspecified atom stereocenters. The number of hydrogen-bond donors (Lipinski definition) is 1. The third-order valence-corrected chi connectivity index (χ3v) is 3.70. The van der Waals surface area contributed by atoms with Gasteiger partial charge in [0.05, 0.1) is 6.04 Å². The molecule has 2 atom stereocenters. The van der Waals surface area contributed by atoms with Gasteiger partial charge in [-0.3, -0.25) is 4.98 Å². The van der Waals surface area contributed by atoms with Crippen molar-refractivity contribution in [2.75, 3.05) is 6.54 Å². The summed E-state index contributed by atoms with van der Waals surface area (Å²) in [6, 6.07) is 10.9. The lowest BCUT2D eigenvalue weighted by molar-refractivity contribution is 0.254. The highest BCUT2D eigenvalue weighted by Crippen LogP contribution is 2.32. The second kappa shape index (κ2) is 5.63. The van der Waals surface area contributed by atoms with Gasteiger partial charge in [0.1, 0.15) is 11.9 Å². The SMILES string of the molecule is CCNC(c1ccncc1)c1ccc2c(c1)CC(C)O2. The second-order valence-electron chi connectivity index (χ2n) is 5.27. The smallest absolute Gasteiger partial charge is 0.123 e. The minimum absolute atomic E-state index is 0.212. The lowest BCUT2D eigenvalue weighted by Gasteiger charge is -2.19. The molecule has 3 rings (SSSR count). The summed E-state index contributed by atoms with van der Waals surface area (Å²) in [6.45, 7) is 5.17. The Hall–Kier alpha value is -1.87. The van der Waals surface area contributed by atoms with Crippen LogP contribution in [0.15, 0.2) is 42.7 Å². The van der Waals surface area contributed by atoms with Gasteiger partial charge in [-0.1, -0.05) is 19.1 Å². The fourth-order valence-electron chi connectivity index (χ4n) is 2.81. The molecule has 1 aromatic carbocycles. The molecule has 2 heterocycles. The molecule has 0 saturated heterocycles. The summed E-state index contributed by atoms with van der Waals surface area (Å²) in [4.78, 5) is 4.10. The van der Waals surface area contributed by atoms with E-state index in [-0.39, 0.29) is 6.04 Å². The Morgan fingerprint density at radius 3 is 2.80 bits per heavy atom. The molecule has 0 amide bonds. The van der Waals surface area contributed by atoms with Gasteiger partial charge >= 0.3 is 0 Å². The number of aromatic nitrogens is 1.